The van der Waals surface area contributed by atoms with Crippen LogP contribution in [0.5, 0.6) is 0 Å². The van der Waals surface area contributed by atoms with Gasteiger partial charge in [-0.05, 0) is 24.6 Å². The summed E-state index contributed by atoms with van der Waals surface area (Å²) in [6.45, 7) is 2.00. The molecule has 6 heteroatoms. The van der Waals surface area contributed by atoms with Gasteiger partial charge in [-0.25, -0.2) is 0 Å². The molecule has 1 unspecified atom stereocenters. The van der Waals surface area contributed by atoms with Gasteiger partial charge in [0, 0.05) is 17.7 Å². The molecule has 0 radical (unpaired) electrons. The number of carbonyl (C=O) groups excluding carboxylic acids is 1. The van der Waals surface area contributed by atoms with Crippen LogP contribution in [0.4, 0.5) is 5.69 Å². The van der Waals surface area contributed by atoms with E-state index in [4.69, 9.17) is 0 Å². The predicted molar refractivity (Wildman–Crippen MR) is 86.3 cm³/mol. The molecule has 2 aromatic carbocycles. The summed E-state index contributed by atoms with van der Waals surface area (Å²) in [6, 6.07) is 13.7. The van der Waals surface area contributed by atoms with Gasteiger partial charge in [-0.1, -0.05) is 29.8 Å². The Balaban J connectivity index is 1.92. The lowest BCUT2D eigenvalue weighted by molar-refractivity contribution is -0.384. The zero-order valence-corrected chi connectivity index (χ0v) is 12.5. The molecule has 0 spiro atoms. The van der Waals surface area contributed by atoms with Crippen molar-refractivity contribution in [2.75, 3.05) is 0 Å². The van der Waals surface area contributed by atoms with Gasteiger partial charge in [0.1, 0.15) is 5.84 Å². The van der Waals surface area contributed by atoms with E-state index in [-0.39, 0.29) is 17.6 Å². The molecular formula is C17H15N3O3. The van der Waals surface area contributed by atoms with Crippen molar-refractivity contribution in [3.8, 4) is 0 Å². The number of aliphatic imine (C=N–C) groups is 1. The first-order valence-corrected chi connectivity index (χ1v) is 7.22. The van der Waals surface area contributed by atoms with Crippen molar-refractivity contribution in [2.45, 2.75) is 19.4 Å². The molecule has 1 heterocycles. The number of carbonyl (C=O) groups is 1. The van der Waals surface area contributed by atoms with E-state index in [0.717, 1.165) is 11.1 Å². The molecule has 0 fully saturated rings. The van der Waals surface area contributed by atoms with Crippen LogP contribution in [0.25, 0.3) is 0 Å². The fraction of sp³-hybridized carbons (Fsp3) is 0.176. The highest BCUT2D eigenvalue weighted by Gasteiger charge is 2.23. The highest BCUT2D eigenvalue weighted by atomic mass is 16.6. The van der Waals surface area contributed by atoms with Crippen molar-refractivity contribution in [1.82, 2.24) is 5.32 Å². The highest BCUT2D eigenvalue weighted by Crippen LogP contribution is 2.25. The molecule has 6 nitrogen and oxygen atoms in total. The lowest BCUT2D eigenvalue weighted by atomic mass is 10.0. The van der Waals surface area contributed by atoms with E-state index in [2.05, 4.69) is 10.3 Å². The number of nitrogens with zero attached hydrogens (tertiary/aromatic N) is 2. The fourth-order valence-electron chi connectivity index (χ4n) is 2.46. The number of aryl methyl sites for hydroxylation is 1. The average Bonchev–Trinajstić information content (AvgIpc) is 2.55. The standard InChI is InChI=1S/C17H15N3O3/c1-11-2-4-12(5-3-11)15-10-16(21)19-17(18-15)13-6-8-14(9-7-13)20(22)23/h2-9,15H,10H2,1H3,(H,18,19,21). The summed E-state index contributed by atoms with van der Waals surface area (Å²) in [5.74, 6) is 0.334. The molecular weight excluding hydrogens is 294 g/mol. The molecule has 1 atom stereocenters. The molecule has 0 saturated carbocycles. The molecule has 0 aliphatic carbocycles. The average molecular weight is 309 g/mol. The molecule has 1 N–H and O–H groups in total. The molecule has 2 aromatic rings. The SMILES string of the molecule is Cc1ccc(C2CC(=O)NC(c3ccc([N+](=O)[O-])cc3)=N2)cc1. The number of nitro groups is 1. The summed E-state index contributed by atoms with van der Waals surface area (Å²) >= 11 is 0. The summed E-state index contributed by atoms with van der Waals surface area (Å²) in [6.07, 6.45) is 0.291. The van der Waals surface area contributed by atoms with Crippen LogP contribution in [0, 0.1) is 17.0 Å². The Bertz CT molecular complexity index is 780. The number of nitro benzene ring substituents is 1. The van der Waals surface area contributed by atoms with E-state index in [0.29, 0.717) is 17.8 Å². The first-order chi connectivity index (χ1) is 11.0. The minimum atomic E-state index is -0.458. The molecule has 23 heavy (non-hydrogen) atoms. The van der Waals surface area contributed by atoms with Gasteiger partial charge >= 0.3 is 0 Å². The molecule has 0 saturated heterocycles. The Labute approximate surface area is 133 Å². The Morgan fingerprint density at radius 2 is 1.78 bits per heavy atom. The Hall–Kier alpha value is -3.02. The third kappa shape index (κ3) is 3.26. The number of hydrogen-bond acceptors (Lipinski definition) is 4. The second-order valence-electron chi connectivity index (χ2n) is 5.46. The fourth-order valence-corrected chi connectivity index (χ4v) is 2.46. The number of rotatable bonds is 3. The van der Waals surface area contributed by atoms with Crippen LogP contribution >= 0.6 is 0 Å². The maximum absolute atomic E-state index is 12.0. The largest absolute Gasteiger partial charge is 0.310 e. The number of hydrogen-bond donors (Lipinski definition) is 1. The number of benzene rings is 2. The van der Waals surface area contributed by atoms with E-state index in [1.54, 1.807) is 12.1 Å². The molecule has 1 aliphatic rings. The van der Waals surface area contributed by atoms with Crippen molar-refractivity contribution < 1.29 is 9.72 Å². The monoisotopic (exact) mass is 309 g/mol. The summed E-state index contributed by atoms with van der Waals surface area (Å²) in [5, 5.41) is 13.4. The third-order valence-electron chi connectivity index (χ3n) is 3.74. The molecule has 0 aromatic heterocycles. The zero-order chi connectivity index (χ0) is 16.4. The molecule has 1 amide bonds. The van der Waals surface area contributed by atoms with Crippen LogP contribution in [0.1, 0.15) is 29.2 Å². The van der Waals surface area contributed by atoms with Crippen LogP contribution in [-0.2, 0) is 4.79 Å². The van der Waals surface area contributed by atoms with Gasteiger partial charge in [-0.15, -0.1) is 0 Å². The smallest absolute Gasteiger partial charge is 0.269 e. The minimum Gasteiger partial charge on any atom is -0.310 e. The number of amides is 1. The van der Waals surface area contributed by atoms with Crippen LogP contribution in [0.3, 0.4) is 0 Å². The zero-order valence-electron chi connectivity index (χ0n) is 12.5. The van der Waals surface area contributed by atoms with E-state index in [1.165, 1.54) is 12.1 Å². The quantitative estimate of drug-likeness (QED) is 0.699. The lowest BCUT2D eigenvalue weighted by Gasteiger charge is -2.21. The molecule has 3 rings (SSSR count). The Morgan fingerprint density at radius 3 is 2.39 bits per heavy atom. The van der Waals surface area contributed by atoms with Gasteiger partial charge in [-0.2, -0.15) is 0 Å². The van der Waals surface area contributed by atoms with Gasteiger partial charge in [0.25, 0.3) is 5.69 Å². The maximum atomic E-state index is 12.0. The lowest BCUT2D eigenvalue weighted by Crippen LogP contribution is -2.36. The molecule has 1 aliphatic heterocycles. The van der Waals surface area contributed by atoms with E-state index < -0.39 is 4.92 Å². The second kappa shape index (κ2) is 6.00. The van der Waals surface area contributed by atoms with Gasteiger partial charge in [0.15, 0.2) is 0 Å². The maximum Gasteiger partial charge on any atom is 0.269 e. The van der Waals surface area contributed by atoms with Crippen molar-refractivity contribution in [3.05, 3.63) is 75.3 Å². The summed E-state index contributed by atoms with van der Waals surface area (Å²) < 4.78 is 0. The van der Waals surface area contributed by atoms with E-state index in [1.807, 2.05) is 31.2 Å². The van der Waals surface area contributed by atoms with Crippen molar-refractivity contribution >= 4 is 17.4 Å². The normalized spacial score (nSPS) is 17.3. The highest BCUT2D eigenvalue weighted by molar-refractivity contribution is 6.09. The van der Waals surface area contributed by atoms with Gasteiger partial charge < -0.3 is 5.32 Å². The Morgan fingerprint density at radius 1 is 1.13 bits per heavy atom. The van der Waals surface area contributed by atoms with Crippen LogP contribution < -0.4 is 5.32 Å². The van der Waals surface area contributed by atoms with Gasteiger partial charge in [-0.3, -0.25) is 19.9 Å². The molecule has 116 valence electrons. The summed E-state index contributed by atoms with van der Waals surface area (Å²) in [5.41, 5.74) is 2.78. The molecule has 0 bridgehead atoms. The van der Waals surface area contributed by atoms with Crippen LogP contribution in [0.2, 0.25) is 0 Å². The third-order valence-corrected chi connectivity index (χ3v) is 3.74. The van der Waals surface area contributed by atoms with Crippen molar-refractivity contribution in [2.24, 2.45) is 4.99 Å². The van der Waals surface area contributed by atoms with Crippen molar-refractivity contribution in [1.29, 1.82) is 0 Å². The predicted octanol–water partition coefficient (Wildman–Crippen LogP) is 2.91. The number of nitrogens with one attached hydrogen (secondary N) is 1. The van der Waals surface area contributed by atoms with E-state index >= 15 is 0 Å². The van der Waals surface area contributed by atoms with Crippen LogP contribution in [-0.4, -0.2) is 16.7 Å². The van der Waals surface area contributed by atoms with Crippen molar-refractivity contribution in [3.63, 3.8) is 0 Å². The number of amidine groups is 1. The first-order valence-electron chi connectivity index (χ1n) is 7.22. The second-order valence-corrected chi connectivity index (χ2v) is 5.46. The Kier molecular flexibility index (Phi) is 3.89. The summed E-state index contributed by atoms with van der Waals surface area (Å²) in [4.78, 5) is 26.8. The summed E-state index contributed by atoms with van der Waals surface area (Å²) in [7, 11) is 0. The topological polar surface area (TPSA) is 84.6 Å². The van der Waals surface area contributed by atoms with Crippen LogP contribution in [0.15, 0.2) is 53.5 Å². The minimum absolute atomic E-state index is 0.00608. The van der Waals surface area contributed by atoms with Gasteiger partial charge in [0.2, 0.25) is 5.91 Å². The first kappa shape index (κ1) is 14.9. The number of non-ortho nitro benzene ring substituents is 1. The van der Waals surface area contributed by atoms with E-state index in [9.17, 15) is 14.9 Å². The van der Waals surface area contributed by atoms with Gasteiger partial charge in [0.05, 0.1) is 17.4 Å².